The molecule has 0 heterocycles. The Morgan fingerprint density at radius 3 is 2.00 bits per heavy atom. The number of anilines is 1. The Bertz CT molecular complexity index is 1500. The first-order valence-corrected chi connectivity index (χ1v) is 12.8. The van der Waals surface area contributed by atoms with Crippen molar-refractivity contribution in [3.05, 3.63) is 147 Å². The first kappa shape index (κ1) is 26.8. The van der Waals surface area contributed by atoms with Gasteiger partial charge in [0.2, 0.25) is 0 Å². The van der Waals surface area contributed by atoms with Crippen LogP contribution in [-0.2, 0) is 4.79 Å². The first-order chi connectivity index (χ1) is 18.4. The van der Waals surface area contributed by atoms with E-state index in [0.717, 1.165) is 10.0 Å². The molecule has 0 unspecified atom stereocenters. The summed E-state index contributed by atoms with van der Waals surface area (Å²) < 4.78 is 0.962. The fourth-order valence-corrected chi connectivity index (χ4v) is 3.82. The largest absolute Gasteiger partial charge is 0.321 e. The van der Waals surface area contributed by atoms with Crippen molar-refractivity contribution in [3.63, 3.8) is 0 Å². The van der Waals surface area contributed by atoms with Gasteiger partial charge in [0.25, 0.3) is 11.8 Å². The maximum absolute atomic E-state index is 13.2. The van der Waals surface area contributed by atoms with Crippen LogP contribution in [0.1, 0.15) is 31.8 Å². The lowest BCUT2D eigenvalue weighted by molar-refractivity contribution is -0.113. The molecule has 2 N–H and O–H groups in total. The number of hydrogen-bond donors (Lipinski definition) is 2. The zero-order valence-electron chi connectivity index (χ0n) is 20.0. The fraction of sp³-hybridized carbons (Fsp3) is 0. The van der Waals surface area contributed by atoms with Crippen molar-refractivity contribution in [2.24, 2.45) is 0 Å². The molecule has 0 aliphatic heterocycles. The van der Waals surface area contributed by atoms with Gasteiger partial charge in [0, 0.05) is 26.3 Å². The molecule has 188 valence electrons. The first-order valence-electron chi connectivity index (χ1n) is 11.6. The van der Waals surface area contributed by atoms with Crippen molar-refractivity contribution in [3.8, 4) is 0 Å². The van der Waals surface area contributed by atoms with Gasteiger partial charge in [0.05, 0.1) is 0 Å². The molecule has 0 fully saturated rings. The average Bonchev–Trinajstić information content (AvgIpc) is 2.94. The van der Waals surface area contributed by atoms with E-state index in [1.807, 2.05) is 24.3 Å². The zero-order valence-corrected chi connectivity index (χ0v) is 22.4. The molecule has 7 heteroatoms. The Kier molecular flexibility index (Phi) is 9.03. The lowest BCUT2D eigenvalue weighted by Gasteiger charge is -2.12. The summed E-state index contributed by atoms with van der Waals surface area (Å²) in [6, 6.07) is 29.6. The maximum Gasteiger partial charge on any atom is 0.272 e. The highest BCUT2D eigenvalue weighted by Gasteiger charge is 2.15. The Hall–Kier alpha value is -4.26. The fourth-order valence-electron chi connectivity index (χ4n) is 3.43. The molecule has 0 saturated carbocycles. The van der Waals surface area contributed by atoms with Gasteiger partial charge in [-0.1, -0.05) is 76.1 Å². The van der Waals surface area contributed by atoms with Crippen molar-refractivity contribution >= 4 is 63.0 Å². The Morgan fingerprint density at radius 1 is 0.711 bits per heavy atom. The van der Waals surface area contributed by atoms with Crippen LogP contribution >= 0.6 is 27.5 Å². The molecule has 0 atom stereocenters. The second-order valence-electron chi connectivity index (χ2n) is 8.21. The van der Waals surface area contributed by atoms with Crippen LogP contribution in [0.4, 0.5) is 5.69 Å². The summed E-state index contributed by atoms with van der Waals surface area (Å²) >= 11 is 9.36. The van der Waals surface area contributed by atoms with Gasteiger partial charge >= 0.3 is 0 Å². The molecule has 0 radical (unpaired) electrons. The summed E-state index contributed by atoms with van der Waals surface area (Å²) in [6.45, 7) is 0. The van der Waals surface area contributed by atoms with Crippen LogP contribution in [0, 0.1) is 0 Å². The molecule has 5 nitrogen and oxygen atoms in total. The van der Waals surface area contributed by atoms with E-state index in [9.17, 15) is 14.4 Å². The minimum absolute atomic E-state index is 0.0544. The number of ketones is 1. The van der Waals surface area contributed by atoms with E-state index in [2.05, 4.69) is 26.6 Å². The van der Waals surface area contributed by atoms with Crippen LogP contribution in [0.3, 0.4) is 0 Å². The maximum atomic E-state index is 13.2. The summed E-state index contributed by atoms with van der Waals surface area (Å²) in [6.07, 6.45) is 4.81. The van der Waals surface area contributed by atoms with Crippen molar-refractivity contribution in [2.75, 3.05) is 5.32 Å². The van der Waals surface area contributed by atoms with Gasteiger partial charge in [-0.3, -0.25) is 14.4 Å². The lowest BCUT2D eigenvalue weighted by atomic mass is 10.1. The number of benzene rings is 4. The molecule has 4 rings (SSSR count). The predicted molar refractivity (Wildman–Crippen MR) is 156 cm³/mol. The minimum Gasteiger partial charge on any atom is -0.321 e. The quantitative estimate of drug-likeness (QED) is 0.167. The van der Waals surface area contributed by atoms with Crippen LogP contribution in [0.5, 0.6) is 0 Å². The number of carbonyl (C=O) groups is 3. The minimum atomic E-state index is -0.515. The second-order valence-corrected chi connectivity index (χ2v) is 9.56. The van der Waals surface area contributed by atoms with E-state index in [4.69, 9.17) is 11.6 Å². The van der Waals surface area contributed by atoms with E-state index in [-0.39, 0.29) is 11.5 Å². The highest BCUT2D eigenvalue weighted by Crippen LogP contribution is 2.16. The van der Waals surface area contributed by atoms with Crippen LogP contribution in [-0.4, -0.2) is 17.6 Å². The molecule has 0 saturated heterocycles. The van der Waals surface area contributed by atoms with E-state index in [0.29, 0.717) is 27.4 Å². The van der Waals surface area contributed by atoms with Gasteiger partial charge in [-0.15, -0.1) is 0 Å². The molecular formula is C31H22BrClN2O3. The van der Waals surface area contributed by atoms with Crippen LogP contribution in [0.15, 0.2) is 119 Å². The summed E-state index contributed by atoms with van der Waals surface area (Å²) in [5.74, 6) is -1.10. The van der Waals surface area contributed by atoms with Crippen LogP contribution < -0.4 is 10.6 Å². The SMILES string of the molecule is O=C(Nc1ccc(C(=O)/C=C/c2ccc(Br)cc2)cc1)/C(=C/c1ccc(Cl)cc1)NC(=O)c1ccccc1. The third kappa shape index (κ3) is 7.62. The van der Waals surface area contributed by atoms with Gasteiger partial charge < -0.3 is 10.6 Å². The molecule has 0 aliphatic carbocycles. The molecular weight excluding hydrogens is 564 g/mol. The number of halogens is 2. The van der Waals surface area contributed by atoms with Gasteiger partial charge in [-0.25, -0.2) is 0 Å². The molecule has 0 bridgehead atoms. The Labute approximate surface area is 234 Å². The standard InChI is InChI=1S/C31H22BrClN2O3/c32-25-13-6-21(7-14-25)10-19-29(36)23-11-17-27(18-12-23)34-31(38)28(20-22-8-15-26(33)16-9-22)35-30(37)24-4-2-1-3-5-24/h1-20H,(H,34,38)(H,35,37)/b19-10+,28-20-. The van der Waals surface area contributed by atoms with Crippen molar-refractivity contribution in [2.45, 2.75) is 0 Å². The summed E-state index contributed by atoms with van der Waals surface area (Å²) in [4.78, 5) is 38.5. The molecule has 2 amide bonds. The number of carbonyl (C=O) groups excluding carboxylic acids is 3. The van der Waals surface area contributed by atoms with Crippen LogP contribution in [0.25, 0.3) is 12.2 Å². The van der Waals surface area contributed by atoms with Gasteiger partial charge in [0.15, 0.2) is 5.78 Å². The third-order valence-electron chi connectivity index (χ3n) is 5.43. The Balaban J connectivity index is 1.48. The van der Waals surface area contributed by atoms with Crippen molar-refractivity contribution in [1.82, 2.24) is 5.32 Å². The van der Waals surface area contributed by atoms with Crippen LogP contribution in [0.2, 0.25) is 5.02 Å². The number of nitrogens with one attached hydrogen (secondary N) is 2. The monoisotopic (exact) mass is 584 g/mol. The lowest BCUT2D eigenvalue weighted by Crippen LogP contribution is -2.30. The van der Waals surface area contributed by atoms with Crippen molar-refractivity contribution in [1.29, 1.82) is 0 Å². The molecule has 0 aromatic heterocycles. The summed E-state index contributed by atoms with van der Waals surface area (Å²) in [5.41, 5.74) is 3.01. The van der Waals surface area contributed by atoms with E-state index in [1.165, 1.54) is 6.08 Å². The van der Waals surface area contributed by atoms with Gasteiger partial charge in [-0.2, -0.15) is 0 Å². The zero-order chi connectivity index (χ0) is 26.9. The van der Waals surface area contributed by atoms with E-state index < -0.39 is 11.8 Å². The number of rotatable bonds is 8. The predicted octanol–water partition coefficient (Wildman–Crippen LogP) is 7.41. The smallest absolute Gasteiger partial charge is 0.272 e. The Morgan fingerprint density at radius 2 is 1.34 bits per heavy atom. The topological polar surface area (TPSA) is 75.3 Å². The van der Waals surface area contributed by atoms with Gasteiger partial charge in [0.1, 0.15) is 5.70 Å². The normalized spacial score (nSPS) is 11.3. The highest BCUT2D eigenvalue weighted by molar-refractivity contribution is 9.10. The molecule has 38 heavy (non-hydrogen) atoms. The number of hydrogen-bond acceptors (Lipinski definition) is 3. The summed E-state index contributed by atoms with van der Waals surface area (Å²) in [7, 11) is 0. The molecule has 4 aromatic rings. The molecule has 0 aliphatic rings. The van der Waals surface area contributed by atoms with E-state index >= 15 is 0 Å². The van der Waals surface area contributed by atoms with Crippen molar-refractivity contribution < 1.29 is 14.4 Å². The number of amides is 2. The molecule has 4 aromatic carbocycles. The average molecular weight is 586 g/mol. The van der Waals surface area contributed by atoms with Gasteiger partial charge in [-0.05, 0) is 83.9 Å². The highest BCUT2D eigenvalue weighted by atomic mass is 79.9. The second kappa shape index (κ2) is 12.8. The summed E-state index contributed by atoms with van der Waals surface area (Å²) in [5, 5.41) is 6.03. The number of allylic oxidation sites excluding steroid dienone is 1. The molecule has 0 spiro atoms. The third-order valence-corrected chi connectivity index (χ3v) is 6.21. The van der Waals surface area contributed by atoms with E-state index in [1.54, 1.807) is 91.0 Å².